The van der Waals surface area contributed by atoms with Gasteiger partial charge in [0.15, 0.2) is 5.78 Å². The van der Waals surface area contributed by atoms with Crippen LogP contribution in [0, 0.1) is 6.92 Å². The molecule has 0 aliphatic carbocycles. The first kappa shape index (κ1) is 23.5. The predicted molar refractivity (Wildman–Crippen MR) is 126 cm³/mol. The molecular weight excluding hydrogens is 426 g/mol. The lowest BCUT2D eigenvalue weighted by atomic mass is 10.0. The van der Waals surface area contributed by atoms with E-state index in [1.807, 2.05) is 37.3 Å². The van der Waals surface area contributed by atoms with Gasteiger partial charge in [0.25, 0.3) is 0 Å². The molecule has 1 atom stereocenters. The highest BCUT2D eigenvalue weighted by Gasteiger charge is 2.17. The number of ketones is 1. The molecular formula is C26H26ClNO4. The smallest absolute Gasteiger partial charge is 0.317 e. The molecule has 3 aromatic carbocycles. The maximum absolute atomic E-state index is 12.9. The summed E-state index contributed by atoms with van der Waals surface area (Å²) in [5.74, 6) is -0.398. The maximum atomic E-state index is 12.9. The first-order chi connectivity index (χ1) is 15.3. The topological polar surface area (TPSA) is 66.8 Å². The highest BCUT2D eigenvalue weighted by atomic mass is 35.5. The van der Waals surface area contributed by atoms with Crippen LogP contribution in [0.4, 0.5) is 0 Å². The van der Waals surface area contributed by atoms with Crippen LogP contribution < -0.4 is 4.74 Å². The summed E-state index contributed by atoms with van der Waals surface area (Å²) in [5, 5.41) is 9.59. The number of carbonyl (C=O) groups is 2. The van der Waals surface area contributed by atoms with Crippen molar-refractivity contribution in [2.45, 2.75) is 19.4 Å². The van der Waals surface area contributed by atoms with Crippen molar-refractivity contribution < 1.29 is 19.4 Å². The highest BCUT2D eigenvalue weighted by Crippen LogP contribution is 2.27. The van der Waals surface area contributed by atoms with E-state index in [9.17, 15) is 9.59 Å². The molecule has 5 nitrogen and oxygen atoms in total. The number of nitrogens with zero attached hydrogens (tertiary/aromatic N) is 1. The molecule has 0 fully saturated rings. The van der Waals surface area contributed by atoms with E-state index in [0.29, 0.717) is 34.9 Å². The van der Waals surface area contributed by atoms with Gasteiger partial charge in [-0.15, -0.1) is 0 Å². The van der Waals surface area contributed by atoms with Gasteiger partial charge >= 0.3 is 5.97 Å². The Bertz CT molecular complexity index is 1060. The molecule has 1 N–H and O–H groups in total. The van der Waals surface area contributed by atoms with Crippen molar-refractivity contribution in [3.8, 4) is 5.75 Å². The number of benzene rings is 3. The standard InChI is InChI=1S/C26H26ClNO4/c1-18-6-8-19(9-7-18)24(14-15-28(2)17-25(29)30)32-23-5-3-4-21(16-23)26(31)20-10-12-22(27)13-11-20/h3-13,16,24H,14-15,17H2,1-2H3,(H,29,30). The lowest BCUT2D eigenvalue weighted by Gasteiger charge is -2.23. The predicted octanol–water partition coefficient (Wildman–Crippen LogP) is 5.41. The number of carboxylic acid groups (broad SMARTS) is 1. The number of carboxylic acids is 1. The second kappa shape index (κ2) is 10.9. The fraction of sp³-hybridized carbons (Fsp3) is 0.231. The minimum Gasteiger partial charge on any atom is -0.486 e. The van der Waals surface area contributed by atoms with Crippen LogP contribution in [0.2, 0.25) is 5.02 Å². The Morgan fingerprint density at radius 3 is 2.34 bits per heavy atom. The van der Waals surface area contributed by atoms with Crippen LogP contribution in [0.5, 0.6) is 5.75 Å². The van der Waals surface area contributed by atoms with Gasteiger partial charge in [-0.3, -0.25) is 14.5 Å². The quantitative estimate of drug-likeness (QED) is 0.418. The molecule has 32 heavy (non-hydrogen) atoms. The molecule has 3 aromatic rings. The number of carbonyl (C=O) groups excluding carboxylic acids is 1. The SMILES string of the molecule is Cc1ccc(C(CCN(C)CC(=O)O)Oc2cccc(C(=O)c3ccc(Cl)cc3)c2)cc1. The number of rotatable bonds is 10. The zero-order valence-electron chi connectivity index (χ0n) is 18.1. The molecule has 0 spiro atoms. The lowest BCUT2D eigenvalue weighted by Crippen LogP contribution is -2.28. The molecule has 3 rings (SSSR count). The summed E-state index contributed by atoms with van der Waals surface area (Å²) in [6.07, 6.45) is 0.315. The first-order valence-electron chi connectivity index (χ1n) is 10.4. The van der Waals surface area contributed by atoms with Crippen LogP contribution in [0.15, 0.2) is 72.8 Å². The van der Waals surface area contributed by atoms with Gasteiger partial charge in [-0.1, -0.05) is 53.6 Å². The van der Waals surface area contributed by atoms with Gasteiger partial charge in [0.2, 0.25) is 0 Å². The first-order valence-corrected chi connectivity index (χ1v) is 10.7. The van der Waals surface area contributed by atoms with Crippen molar-refractivity contribution in [1.29, 1.82) is 0 Å². The van der Waals surface area contributed by atoms with Crippen LogP contribution in [-0.2, 0) is 4.79 Å². The Kier molecular flexibility index (Phi) is 8.03. The van der Waals surface area contributed by atoms with Crippen molar-refractivity contribution in [3.05, 3.63) is 100 Å². The third-order valence-corrected chi connectivity index (χ3v) is 5.36. The van der Waals surface area contributed by atoms with Crippen molar-refractivity contribution in [1.82, 2.24) is 4.90 Å². The van der Waals surface area contributed by atoms with E-state index in [4.69, 9.17) is 21.4 Å². The fourth-order valence-corrected chi connectivity index (χ4v) is 3.49. The van der Waals surface area contributed by atoms with Crippen molar-refractivity contribution in [2.75, 3.05) is 20.1 Å². The summed E-state index contributed by atoms with van der Waals surface area (Å²) in [6, 6.07) is 22.0. The molecule has 166 valence electrons. The molecule has 0 aliphatic heterocycles. The van der Waals surface area contributed by atoms with Crippen LogP contribution in [-0.4, -0.2) is 41.9 Å². The number of likely N-dealkylation sites (N-methyl/N-ethyl adjacent to an activating group) is 1. The normalized spacial score (nSPS) is 11.9. The zero-order valence-corrected chi connectivity index (χ0v) is 18.9. The Labute approximate surface area is 193 Å². The van der Waals surface area contributed by atoms with Crippen LogP contribution in [0.25, 0.3) is 0 Å². The maximum Gasteiger partial charge on any atom is 0.317 e. The van der Waals surface area contributed by atoms with Crippen molar-refractivity contribution >= 4 is 23.4 Å². The summed E-state index contributed by atoms with van der Waals surface area (Å²) >= 11 is 5.93. The van der Waals surface area contributed by atoms with E-state index in [1.165, 1.54) is 0 Å². The van der Waals surface area contributed by atoms with Gasteiger partial charge in [-0.25, -0.2) is 0 Å². The molecule has 0 radical (unpaired) electrons. The van der Waals surface area contributed by atoms with Gasteiger partial charge in [-0.05, 0) is 55.9 Å². The molecule has 0 saturated carbocycles. The summed E-state index contributed by atoms with van der Waals surface area (Å²) in [6.45, 7) is 2.53. The molecule has 0 saturated heterocycles. The average Bonchev–Trinajstić information content (AvgIpc) is 2.77. The Morgan fingerprint density at radius 1 is 1.00 bits per heavy atom. The monoisotopic (exact) mass is 451 g/mol. The zero-order chi connectivity index (χ0) is 23.1. The Hall–Kier alpha value is -3.15. The number of aryl methyl sites for hydroxylation is 1. The summed E-state index contributed by atoms with van der Waals surface area (Å²) in [7, 11) is 1.77. The molecule has 0 bridgehead atoms. The second-order valence-corrected chi connectivity index (χ2v) is 8.24. The van der Waals surface area contributed by atoms with Gasteiger partial charge in [0.1, 0.15) is 11.9 Å². The van der Waals surface area contributed by atoms with Crippen LogP contribution >= 0.6 is 11.6 Å². The number of hydrogen-bond acceptors (Lipinski definition) is 4. The molecule has 6 heteroatoms. The second-order valence-electron chi connectivity index (χ2n) is 7.80. The van der Waals surface area contributed by atoms with E-state index in [2.05, 4.69) is 0 Å². The van der Waals surface area contributed by atoms with Gasteiger partial charge in [0, 0.05) is 29.1 Å². The summed E-state index contributed by atoms with van der Waals surface area (Å²) in [5.41, 5.74) is 3.22. The molecule has 0 aromatic heterocycles. The molecule has 0 heterocycles. The van der Waals surface area contributed by atoms with E-state index in [1.54, 1.807) is 54.4 Å². The van der Waals surface area contributed by atoms with E-state index >= 15 is 0 Å². The Balaban J connectivity index is 1.79. The number of hydrogen-bond donors (Lipinski definition) is 1. The number of ether oxygens (including phenoxy) is 1. The molecule has 0 aliphatic rings. The third kappa shape index (κ3) is 6.67. The number of aliphatic carboxylic acids is 1. The van der Waals surface area contributed by atoms with Gasteiger partial charge in [-0.2, -0.15) is 0 Å². The number of halogens is 1. The third-order valence-electron chi connectivity index (χ3n) is 5.11. The van der Waals surface area contributed by atoms with E-state index in [-0.39, 0.29) is 18.4 Å². The minimum atomic E-state index is -0.867. The van der Waals surface area contributed by atoms with Crippen LogP contribution in [0.1, 0.15) is 39.6 Å². The van der Waals surface area contributed by atoms with E-state index in [0.717, 1.165) is 11.1 Å². The van der Waals surface area contributed by atoms with Gasteiger partial charge in [0.05, 0.1) is 6.54 Å². The van der Waals surface area contributed by atoms with E-state index < -0.39 is 5.97 Å². The summed E-state index contributed by atoms with van der Waals surface area (Å²) < 4.78 is 6.29. The Morgan fingerprint density at radius 2 is 1.69 bits per heavy atom. The van der Waals surface area contributed by atoms with Crippen LogP contribution in [0.3, 0.4) is 0 Å². The lowest BCUT2D eigenvalue weighted by molar-refractivity contribution is -0.138. The molecule has 0 amide bonds. The summed E-state index contributed by atoms with van der Waals surface area (Å²) in [4.78, 5) is 25.6. The van der Waals surface area contributed by atoms with Crippen molar-refractivity contribution in [2.24, 2.45) is 0 Å². The highest BCUT2D eigenvalue weighted by molar-refractivity contribution is 6.30. The average molecular weight is 452 g/mol. The largest absolute Gasteiger partial charge is 0.486 e. The fourth-order valence-electron chi connectivity index (χ4n) is 3.37. The minimum absolute atomic E-state index is 0.0360. The van der Waals surface area contributed by atoms with Gasteiger partial charge < -0.3 is 9.84 Å². The molecule has 1 unspecified atom stereocenters. The van der Waals surface area contributed by atoms with Crippen molar-refractivity contribution in [3.63, 3.8) is 0 Å².